The molecule has 1 aliphatic heterocycles. The SMILES string of the molecule is Cc1ccc(C2CCC(CCC3CCC(C)OC3)CC2)c(F)c1F. The molecule has 3 rings (SSSR count). The lowest BCUT2D eigenvalue weighted by atomic mass is 9.76. The number of rotatable bonds is 4. The Kier molecular flexibility index (Phi) is 5.91. The Bertz CT molecular complexity index is 541. The van der Waals surface area contributed by atoms with E-state index in [0.29, 0.717) is 17.2 Å². The van der Waals surface area contributed by atoms with Gasteiger partial charge in [0.15, 0.2) is 11.6 Å². The molecule has 24 heavy (non-hydrogen) atoms. The predicted octanol–water partition coefficient (Wildman–Crippen LogP) is 6.14. The zero-order valence-corrected chi connectivity index (χ0v) is 15.0. The summed E-state index contributed by atoms with van der Waals surface area (Å²) in [6.45, 7) is 4.70. The van der Waals surface area contributed by atoms with Gasteiger partial charge in [0.2, 0.25) is 0 Å². The molecule has 2 atom stereocenters. The minimum absolute atomic E-state index is 0.190. The largest absolute Gasteiger partial charge is 0.378 e. The Hall–Kier alpha value is -0.960. The maximum atomic E-state index is 14.2. The summed E-state index contributed by atoms with van der Waals surface area (Å²) in [5, 5.41) is 0. The van der Waals surface area contributed by atoms with Crippen LogP contribution in [0.2, 0.25) is 0 Å². The third-order valence-corrected chi connectivity index (χ3v) is 6.17. The second-order valence-corrected chi connectivity index (χ2v) is 7.98. The number of benzene rings is 1. The lowest BCUT2D eigenvalue weighted by Crippen LogP contribution is -2.24. The zero-order chi connectivity index (χ0) is 17.1. The van der Waals surface area contributed by atoms with Gasteiger partial charge in [-0.1, -0.05) is 18.6 Å². The molecule has 1 aromatic carbocycles. The van der Waals surface area contributed by atoms with Crippen molar-refractivity contribution in [3.8, 4) is 0 Å². The maximum Gasteiger partial charge on any atom is 0.162 e. The monoisotopic (exact) mass is 336 g/mol. The normalized spacial score (nSPS) is 31.2. The molecule has 0 bridgehead atoms. The van der Waals surface area contributed by atoms with Gasteiger partial charge >= 0.3 is 0 Å². The van der Waals surface area contributed by atoms with Crippen molar-refractivity contribution in [2.24, 2.45) is 11.8 Å². The van der Waals surface area contributed by atoms with Gasteiger partial charge in [-0.25, -0.2) is 8.78 Å². The van der Waals surface area contributed by atoms with Gasteiger partial charge in [-0.05, 0) is 87.7 Å². The van der Waals surface area contributed by atoms with Gasteiger partial charge < -0.3 is 4.74 Å². The summed E-state index contributed by atoms with van der Waals surface area (Å²) in [5.74, 6) is 0.379. The van der Waals surface area contributed by atoms with Gasteiger partial charge in [0.25, 0.3) is 0 Å². The average molecular weight is 336 g/mol. The van der Waals surface area contributed by atoms with Crippen molar-refractivity contribution in [1.82, 2.24) is 0 Å². The van der Waals surface area contributed by atoms with Crippen LogP contribution in [0.25, 0.3) is 0 Å². The molecule has 1 aromatic rings. The van der Waals surface area contributed by atoms with Crippen molar-refractivity contribution in [2.75, 3.05) is 6.61 Å². The molecule has 2 fully saturated rings. The molecule has 0 radical (unpaired) electrons. The average Bonchev–Trinajstić information content (AvgIpc) is 2.60. The molecular formula is C21H30F2O. The highest BCUT2D eigenvalue weighted by molar-refractivity contribution is 5.28. The number of aryl methyl sites for hydroxylation is 1. The Morgan fingerprint density at radius 2 is 1.58 bits per heavy atom. The van der Waals surface area contributed by atoms with Crippen LogP contribution in [0.4, 0.5) is 8.78 Å². The number of ether oxygens (including phenoxy) is 1. The van der Waals surface area contributed by atoms with Crippen LogP contribution >= 0.6 is 0 Å². The first-order chi connectivity index (χ1) is 11.5. The molecule has 1 nitrogen and oxygen atoms in total. The summed E-state index contributed by atoms with van der Waals surface area (Å²) in [6, 6.07) is 3.50. The Morgan fingerprint density at radius 3 is 2.25 bits per heavy atom. The molecule has 3 heteroatoms. The number of halogens is 2. The molecule has 1 saturated heterocycles. The zero-order valence-electron chi connectivity index (χ0n) is 15.0. The van der Waals surface area contributed by atoms with E-state index >= 15 is 0 Å². The highest BCUT2D eigenvalue weighted by atomic mass is 19.2. The number of hydrogen-bond acceptors (Lipinski definition) is 1. The summed E-state index contributed by atoms with van der Waals surface area (Å²) < 4.78 is 33.7. The van der Waals surface area contributed by atoms with Crippen LogP contribution in [0, 0.1) is 30.4 Å². The van der Waals surface area contributed by atoms with E-state index in [-0.39, 0.29) is 5.92 Å². The van der Waals surface area contributed by atoms with Gasteiger partial charge in [-0.15, -0.1) is 0 Å². The molecule has 1 heterocycles. The molecule has 0 amide bonds. The van der Waals surface area contributed by atoms with E-state index in [4.69, 9.17) is 4.74 Å². The Balaban J connectivity index is 1.47. The molecule has 2 unspecified atom stereocenters. The predicted molar refractivity (Wildman–Crippen MR) is 93.2 cm³/mol. The van der Waals surface area contributed by atoms with Crippen molar-refractivity contribution in [3.63, 3.8) is 0 Å². The van der Waals surface area contributed by atoms with E-state index in [9.17, 15) is 8.78 Å². The third-order valence-electron chi connectivity index (χ3n) is 6.17. The van der Waals surface area contributed by atoms with E-state index in [2.05, 4.69) is 6.92 Å². The van der Waals surface area contributed by atoms with Crippen molar-refractivity contribution < 1.29 is 13.5 Å². The van der Waals surface area contributed by atoms with Crippen LogP contribution in [0.5, 0.6) is 0 Å². The summed E-state index contributed by atoms with van der Waals surface area (Å²) in [7, 11) is 0. The van der Waals surface area contributed by atoms with Gasteiger partial charge in [0.05, 0.1) is 6.10 Å². The van der Waals surface area contributed by atoms with Crippen LogP contribution in [-0.2, 0) is 4.74 Å². The topological polar surface area (TPSA) is 9.23 Å². The molecule has 1 saturated carbocycles. The fraction of sp³-hybridized carbons (Fsp3) is 0.714. The lowest BCUT2D eigenvalue weighted by Gasteiger charge is -2.31. The second-order valence-electron chi connectivity index (χ2n) is 7.98. The Labute approximate surface area is 144 Å². The first kappa shape index (κ1) is 17.8. The van der Waals surface area contributed by atoms with Crippen molar-refractivity contribution in [2.45, 2.75) is 77.2 Å². The van der Waals surface area contributed by atoms with E-state index in [1.807, 2.05) is 0 Å². The fourth-order valence-corrected chi connectivity index (χ4v) is 4.37. The molecule has 0 N–H and O–H groups in total. The summed E-state index contributed by atoms with van der Waals surface area (Å²) >= 11 is 0. The summed E-state index contributed by atoms with van der Waals surface area (Å²) in [5.41, 5.74) is 0.986. The third kappa shape index (κ3) is 4.17. The molecule has 2 aliphatic rings. The van der Waals surface area contributed by atoms with Crippen molar-refractivity contribution >= 4 is 0 Å². The molecule has 1 aliphatic carbocycles. The minimum atomic E-state index is -0.666. The smallest absolute Gasteiger partial charge is 0.162 e. The van der Waals surface area contributed by atoms with Crippen LogP contribution < -0.4 is 0 Å². The van der Waals surface area contributed by atoms with Crippen LogP contribution in [-0.4, -0.2) is 12.7 Å². The minimum Gasteiger partial charge on any atom is -0.378 e. The van der Waals surface area contributed by atoms with Gasteiger partial charge in [0.1, 0.15) is 0 Å². The summed E-state index contributed by atoms with van der Waals surface area (Å²) in [4.78, 5) is 0. The second kappa shape index (κ2) is 7.95. The highest BCUT2D eigenvalue weighted by Gasteiger charge is 2.27. The van der Waals surface area contributed by atoms with Crippen LogP contribution in [0.3, 0.4) is 0 Å². The molecule has 0 aromatic heterocycles. The van der Waals surface area contributed by atoms with Gasteiger partial charge in [-0.2, -0.15) is 0 Å². The van der Waals surface area contributed by atoms with Crippen LogP contribution in [0.1, 0.15) is 75.3 Å². The Morgan fingerprint density at radius 1 is 0.917 bits per heavy atom. The molecule has 0 spiro atoms. The van der Waals surface area contributed by atoms with Crippen LogP contribution in [0.15, 0.2) is 12.1 Å². The van der Waals surface area contributed by atoms with E-state index in [1.165, 1.54) is 25.7 Å². The van der Waals surface area contributed by atoms with Gasteiger partial charge in [-0.3, -0.25) is 0 Å². The number of hydrogen-bond donors (Lipinski definition) is 0. The summed E-state index contributed by atoms with van der Waals surface area (Å²) in [6.07, 6.45) is 9.70. The fourth-order valence-electron chi connectivity index (χ4n) is 4.37. The molecular weight excluding hydrogens is 306 g/mol. The highest BCUT2D eigenvalue weighted by Crippen LogP contribution is 2.40. The maximum absolute atomic E-state index is 14.2. The van der Waals surface area contributed by atoms with E-state index in [0.717, 1.165) is 44.1 Å². The lowest BCUT2D eigenvalue weighted by molar-refractivity contribution is -0.00902. The van der Waals surface area contributed by atoms with Gasteiger partial charge in [0, 0.05) is 6.61 Å². The standard InChI is InChI=1S/C21H30F2O/c1-14-3-12-19(21(23)20(14)22)18-10-8-16(9-11-18)6-7-17-5-4-15(2)24-13-17/h3,12,15-18H,4-11,13H2,1-2H3. The van der Waals surface area contributed by atoms with Crippen molar-refractivity contribution in [1.29, 1.82) is 0 Å². The first-order valence-corrected chi connectivity index (χ1v) is 9.60. The van der Waals surface area contributed by atoms with E-state index in [1.54, 1.807) is 19.1 Å². The first-order valence-electron chi connectivity index (χ1n) is 9.60. The van der Waals surface area contributed by atoms with Crippen molar-refractivity contribution in [3.05, 3.63) is 34.9 Å². The quantitative estimate of drug-likeness (QED) is 0.641. The molecule has 134 valence electrons. The van der Waals surface area contributed by atoms with E-state index < -0.39 is 11.6 Å².